The Balaban J connectivity index is 1.32. The molecule has 0 heterocycles. The van der Waals surface area contributed by atoms with Crippen LogP contribution in [0.15, 0.2) is 121 Å². The molecule has 2 aliphatic carbocycles. The molecule has 0 saturated carbocycles. The van der Waals surface area contributed by atoms with Crippen LogP contribution in [0.4, 0.5) is 0 Å². The van der Waals surface area contributed by atoms with Gasteiger partial charge in [-0.2, -0.15) is 0 Å². The van der Waals surface area contributed by atoms with Gasteiger partial charge in [0.05, 0.1) is 106 Å². The number of esters is 8. The number of benzene rings is 13. The van der Waals surface area contributed by atoms with E-state index in [1.54, 1.807) is 139 Å². The fraction of sp³-hybridized carbons (Fsp3) is 0.244. The van der Waals surface area contributed by atoms with E-state index in [9.17, 15) is 0 Å². The molecule has 20 nitrogen and oxygen atoms in total. The zero-order valence-corrected chi connectivity index (χ0v) is 62.4. The number of fused-ring (bicyclic) bond motifs is 10. The second-order valence-electron chi connectivity index (χ2n) is 26.9. The molecule has 15 rings (SSSR count). The molecule has 0 aliphatic heterocycles. The Morgan fingerprint density at radius 1 is 0.300 bits per heavy atom. The Bertz CT molecular complexity index is 5820. The average Bonchev–Trinajstić information content (AvgIpc) is 0.749. The van der Waals surface area contributed by atoms with Gasteiger partial charge in [-0.1, -0.05) is 47.9 Å². The number of ether oxygens (including phenoxy) is 12. The molecule has 0 aromatic heterocycles. The molecule has 0 amide bonds. The molecule has 552 valence electrons. The van der Waals surface area contributed by atoms with Gasteiger partial charge in [0.25, 0.3) is 0 Å². The van der Waals surface area contributed by atoms with E-state index >= 15 is 38.4 Å². The first-order valence-corrected chi connectivity index (χ1v) is 35.8. The van der Waals surface area contributed by atoms with Crippen molar-refractivity contribution >= 4 is 134 Å². The largest absolute Gasteiger partial charge is 0.497 e. The van der Waals surface area contributed by atoms with E-state index in [1.165, 1.54) is 42.7 Å². The molecule has 0 bridgehead atoms. The topological polar surface area (TPSA) is 247 Å². The third kappa shape index (κ3) is 10.9. The van der Waals surface area contributed by atoms with Crippen LogP contribution in [0.5, 0.6) is 23.0 Å². The number of carbonyl (C=O) groups is 8. The van der Waals surface area contributed by atoms with Gasteiger partial charge in [0.1, 0.15) is 23.0 Å². The zero-order chi connectivity index (χ0) is 77.5. The predicted octanol–water partition coefficient (Wildman–Crippen LogP) is 15.0. The Morgan fingerprint density at radius 3 is 0.809 bits per heavy atom. The van der Waals surface area contributed by atoms with Crippen LogP contribution in [0.2, 0.25) is 0 Å². The molecule has 0 saturated heterocycles. The normalized spacial score (nSPS) is 13.2. The second kappa shape index (κ2) is 28.2. The maximum absolute atomic E-state index is 15.9. The molecular weight excluding hydrogens is 1400 g/mol. The van der Waals surface area contributed by atoms with Gasteiger partial charge in [-0.15, -0.1) is 0 Å². The molecular formula is C90H72O20. The highest BCUT2D eigenvalue weighted by atomic mass is 16.6. The molecule has 13 aromatic rings. The number of methoxy groups -OCH3 is 8. The summed E-state index contributed by atoms with van der Waals surface area (Å²) in [6.07, 6.45) is -1.38. The van der Waals surface area contributed by atoms with E-state index in [-0.39, 0.29) is 85.1 Å². The van der Waals surface area contributed by atoms with Crippen LogP contribution in [0.1, 0.15) is 114 Å². The van der Waals surface area contributed by atoms with Crippen molar-refractivity contribution < 1.29 is 95.2 Å². The molecule has 110 heavy (non-hydrogen) atoms. The van der Waals surface area contributed by atoms with Crippen LogP contribution in [-0.2, 0) is 82.8 Å². The lowest BCUT2D eigenvalue weighted by molar-refractivity contribution is -0.170. The lowest BCUT2D eigenvalue weighted by atomic mass is 9.73. The molecule has 20 heteroatoms. The summed E-state index contributed by atoms with van der Waals surface area (Å²) in [5, 5.41) is 5.26. The summed E-state index contributed by atoms with van der Waals surface area (Å²) in [6, 6.07) is 35.4. The highest BCUT2D eigenvalue weighted by Crippen LogP contribution is 2.61. The lowest BCUT2D eigenvalue weighted by Crippen LogP contribution is -2.42. The second-order valence-corrected chi connectivity index (χ2v) is 26.9. The first-order chi connectivity index (χ1) is 53.3. The van der Waals surface area contributed by atoms with Crippen molar-refractivity contribution in [3.8, 4) is 68.9 Å². The van der Waals surface area contributed by atoms with Gasteiger partial charge in [0.15, 0.2) is 10.8 Å². The highest BCUT2D eigenvalue weighted by Gasteiger charge is 2.56. The number of carbonyl (C=O) groups excluding carboxylic acids is 8. The van der Waals surface area contributed by atoms with Gasteiger partial charge in [-0.3, -0.25) is 19.2 Å². The van der Waals surface area contributed by atoms with Crippen LogP contribution >= 0.6 is 0 Å². The maximum atomic E-state index is 15.9. The third-order valence-corrected chi connectivity index (χ3v) is 21.6. The number of hydrogen-bond acceptors (Lipinski definition) is 20. The van der Waals surface area contributed by atoms with E-state index in [4.69, 9.17) is 56.8 Å². The molecule has 13 aromatic carbocycles. The monoisotopic (exact) mass is 1470 g/mol. The summed E-state index contributed by atoms with van der Waals surface area (Å²) in [5.74, 6) is 8.99. The smallest absolute Gasteiger partial charge is 0.338 e. The Morgan fingerprint density at radius 2 is 0.555 bits per heavy atom. The van der Waals surface area contributed by atoms with Crippen molar-refractivity contribution in [1.29, 1.82) is 0 Å². The van der Waals surface area contributed by atoms with Crippen LogP contribution in [0.3, 0.4) is 0 Å². The fourth-order valence-electron chi connectivity index (χ4n) is 17.0. The number of hydrogen-bond donors (Lipinski definition) is 0. The molecule has 0 unspecified atom stereocenters. The van der Waals surface area contributed by atoms with E-state index < -0.39 is 58.6 Å². The molecule has 0 N–H and O–H groups in total. The minimum atomic E-state index is -2.08. The van der Waals surface area contributed by atoms with E-state index in [0.717, 1.165) is 0 Å². The Labute approximate surface area is 630 Å². The fourth-order valence-corrected chi connectivity index (χ4v) is 17.0. The first kappa shape index (κ1) is 72.4. The SMILES string of the molecule is CCOC(=O)c1cc2c3c4c(c(C#Cc5ccc(OC)cc5)c(-c5ccc(OC)cc5)c3c3cc(C(=O)OCC)c5c(C(=O)OCC)cc6c7c(-c8ccc(OC)cc8)c(C#Cc8ccc(OC)cc8)c8c(c7c7cc(C(=O)OCC)c1c1c2c3c5c6c71)CC(C(=O)OC)(C(=O)OC)C8)CC(C(=O)OC)(C(=O)OC)C4. The van der Waals surface area contributed by atoms with Crippen LogP contribution in [0, 0.1) is 34.5 Å². The number of rotatable bonds is 18. The van der Waals surface area contributed by atoms with Gasteiger partial charge >= 0.3 is 47.8 Å². The quantitative estimate of drug-likeness (QED) is 0.0193. The van der Waals surface area contributed by atoms with Gasteiger partial charge in [-0.25, -0.2) is 19.2 Å². The van der Waals surface area contributed by atoms with Gasteiger partial charge in [-0.05, 0) is 223 Å². The summed E-state index contributed by atoms with van der Waals surface area (Å²) in [7, 11) is 10.9. The van der Waals surface area contributed by atoms with Crippen molar-refractivity contribution in [3.63, 3.8) is 0 Å². The standard InChI is InChI=1S/C90H72O20/c1-13-107-81(91)59-37-55-69-65-43-89(85(95)103-9,86(96)104-10)41-63(65)53(35-21-45-17-27-49(99-5)28-18-45)67(47-23-31-51(101-7)32-24-47)73(69)57-39-61(83(93)109-15-3)72-62(84(94)110-16-4)40-58-74-68(48-25-33-52(102-8)34-26-48)54(36-22-46-19-29-50(100-6)30-20-46)64-42-90(87(97)105-11,88(98)106-12)44-66(64)70(74)56-38-60(82(92)108-14-2)71(59)79-75(55)77(57)80(72)78(58)76(56)79/h17-20,23-34,37-40H,13-16,41-44H2,1-12H3. The minimum absolute atomic E-state index is 0.0824. The van der Waals surface area contributed by atoms with Crippen LogP contribution in [-0.4, -0.2) is 131 Å². The van der Waals surface area contributed by atoms with E-state index in [2.05, 4.69) is 23.7 Å². The summed E-state index contributed by atoms with van der Waals surface area (Å²) in [5.41, 5.74) is 0.902. The molecule has 0 atom stereocenters. The summed E-state index contributed by atoms with van der Waals surface area (Å²) in [6.45, 7) is 6.11. The molecule has 2 aliphatic rings. The van der Waals surface area contributed by atoms with Gasteiger partial charge < -0.3 is 56.8 Å². The predicted molar refractivity (Wildman–Crippen MR) is 414 cm³/mol. The van der Waals surface area contributed by atoms with Gasteiger partial charge in [0.2, 0.25) is 0 Å². The Hall–Kier alpha value is -13.2. The third-order valence-electron chi connectivity index (χ3n) is 21.6. The van der Waals surface area contributed by atoms with Crippen molar-refractivity contribution in [2.24, 2.45) is 10.8 Å². The molecule has 0 fully saturated rings. The van der Waals surface area contributed by atoms with Crippen molar-refractivity contribution in [3.05, 3.63) is 188 Å². The summed E-state index contributed by atoms with van der Waals surface area (Å²) in [4.78, 5) is 124. The van der Waals surface area contributed by atoms with E-state index in [1.807, 2.05) is 24.3 Å². The Kier molecular flexibility index (Phi) is 18.5. The average molecular weight is 1470 g/mol. The lowest BCUT2D eigenvalue weighted by Gasteiger charge is -2.29. The summed E-state index contributed by atoms with van der Waals surface area (Å²) < 4.78 is 69.8. The van der Waals surface area contributed by atoms with Crippen LogP contribution < -0.4 is 18.9 Å². The molecule has 0 radical (unpaired) electrons. The first-order valence-electron chi connectivity index (χ1n) is 35.8. The molecule has 0 spiro atoms. The van der Waals surface area contributed by atoms with Crippen molar-refractivity contribution in [1.82, 2.24) is 0 Å². The highest BCUT2D eigenvalue weighted by molar-refractivity contribution is 6.54. The minimum Gasteiger partial charge on any atom is -0.497 e. The van der Waals surface area contributed by atoms with E-state index in [0.29, 0.717) is 165 Å². The maximum Gasteiger partial charge on any atom is 0.338 e. The zero-order valence-electron chi connectivity index (χ0n) is 62.4. The van der Waals surface area contributed by atoms with Gasteiger partial charge in [0, 0.05) is 80.6 Å². The van der Waals surface area contributed by atoms with Crippen LogP contribution in [0.25, 0.3) is 108 Å². The van der Waals surface area contributed by atoms with Crippen molar-refractivity contribution in [2.75, 3.05) is 83.3 Å². The summed E-state index contributed by atoms with van der Waals surface area (Å²) >= 11 is 0. The van der Waals surface area contributed by atoms with Crippen molar-refractivity contribution in [2.45, 2.75) is 53.4 Å².